The fraction of sp³-hybridized carbons (Fsp3) is 0.111. The molecule has 1 N–H and O–H groups in total. The summed E-state index contributed by atoms with van der Waals surface area (Å²) in [5.41, 5.74) is 2.21. The normalized spacial score (nSPS) is 10.7. The molecule has 0 fully saturated rings. The van der Waals surface area contributed by atoms with Crippen LogP contribution in [0.1, 0.15) is 21.7 Å². The number of rotatable bonds is 3. The number of hydrogen-bond donors (Lipinski definition) is 1. The SMILES string of the molecule is Cc1nn(-c2ccc(F)cc2)c(C)c1C(=O)Nc1ccccc1F. The van der Waals surface area contributed by atoms with Crippen molar-refractivity contribution in [3.8, 4) is 5.69 Å². The van der Waals surface area contributed by atoms with Crippen LogP contribution in [-0.2, 0) is 0 Å². The Labute approximate surface area is 137 Å². The van der Waals surface area contributed by atoms with E-state index in [-0.39, 0.29) is 11.5 Å². The Balaban J connectivity index is 1.96. The predicted molar refractivity (Wildman–Crippen MR) is 87.3 cm³/mol. The topological polar surface area (TPSA) is 46.9 Å². The Morgan fingerprint density at radius 3 is 2.38 bits per heavy atom. The van der Waals surface area contributed by atoms with E-state index in [1.807, 2.05) is 0 Å². The highest BCUT2D eigenvalue weighted by Crippen LogP contribution is 2.21. The molecule has 0 bridgehead atoms. The summed E-state index contributed by atoms with van der Waals surface area (Å²) < 4.78 is 28.3. The number of hydrogen-bond acceptors (Lipinski definition) is 2. The molecule has 3 aromatic rings. The van der Waals surface area contributed by atoms with Crippen LogP contribution < -0.4 is 5.32 Å². The summed E-state index contributed by atoms with van der Waals surface area (Å²) >= 11 is 0. The first-order chi connectivity index (χ1) is 11.5. The number of halogens is 2. The summed E-state index contributed by atoms with van der Waals surface area (Å²) in [5.74, 6) is -1.30. The van der Waals surface area contributed by atoms with Crippen LogP contribution in [0.2, 0.25) is 0 Å². The van der Waals surface area contributed by atoms with Crippen LogP contribution in [0.25, 0.3) is 5.69 Å². The third-order valence-corrected chi connectivity index (χ3v) is 3.71. The molecule has 6 heteroatoms. The number of carbonyl (C=O) groups is 1. The second-order valence-electron chi connectivity index (χ2n) is 5.37. The van der Waals surface area contributed by atoms with Crippen LogP contribution in [-0.4, -0.2) is 15.7 Å². The zero-order valence-electron chi connectivity index (χ0n) is 13.2. The molecule has 0 radical (unpaired) electrons. The first kappa shape index (κ1) is 15.9. The molecule has 0 atom stereocenters. The Morgan fingerprint density at radius 1 is 1.04 bits per heavy atom. The second kappa shape index (κ2) is 6.23. The molecule has 3 rings (SSSR count). The third-order valence-electron chi connectivity index (χ3n) is 3.71. The van der Waals surface area contributed by atoms with Gasteiger partial charge in [0.25, 0.3) is 5.91 Å². The van der Waals surface area contributed by atoms with Crippen LogP contribution in [0.3, 0.4) is 0 Å². The molecule has 2 aromatic carbocycles. The average molecular weight is 327 g/mol. The van der Waals surface area contributed by atoms with Gasteiger partial charge in [0.05, 0.1) is 28.3 Å². The molecule has 1 heterocycles. The quantitative estimate of drug-likeness (QED) is 0.790. The van der Waals surface area contributed by atoms with Crippen LogP contribution >= 0.6 is 0 Å². The first-order valence-corrected chi connectivity index (χ1v) is 7.35. The van der Waals surface area contributed by atoms with Gasteiger partial charge in [0.15, 0.2) is 0 Å². The predicted octanol–water partition coefficient (Wildman–Crippen LogP) is 4.02. The average Bonchev–Trinajstić information content (AvgIpc) is 2.85. The zero-order chi connectivity index (χ0) is 17.3. The van der Waals surface area contributed by atoms with Crippen LogP contribution in [0.15, 0.2) is 48.5 Å². The number of aromatic nitrogens is 2. The Bertz CT molecular complexity index is 901. The van der Waals surface area contributed by atoms with Gasteiger partial charge >= 0.3 is 0 Å². The van der Waals surface area contributed by atoms with E-state index < -0.39 is 11.7 Å². The Kier molecular flexibility index (Phi) is 4.12. The largest absolute Gasteiger partial charge is 0.319 e. The van der Waals surface area contributed by atoms with E-state index in [0.717, 1.165) is 0 Å². The minimum absolute atomic E-state index is 0.107. The number of amides is 1. The molecule has 0 aliphatic rings. The van der Waals surface area contributed by atoms with Gasteiger partial charge in [-0.3, -0.25) is 4.79 Å². The lowest BCUT2D eigenvalue weighted by molar-refractivity contribution is 0.102. The number of para-hydroxylation sites is 1. The maximum absolute atomic E-state index is 13.7. The van der Waals surface area contributed by atoms with Gasteiger partial charge in [-0.2, -0.15) is 5.10 Å². The van der Waals surface area contributed by atoms with E-state index in [0.29, 0.717) is 22.6 Å². The van der Waals surface area contributed by atoms with Gasteiger partial charge in [0, 0.05) is 0 Å². The minimum Gasteiger partial charge on any atom is -0.319 e. The number of aryl methyl sites for hydroxylation is 1. The molecule has 0 saturated heterocycles. The van der Waals surface area contributed by atoms with Gasteiger partial charge in [-0.05, 0) is 50.2 Å². The molecule has 24 heavy (non-hydrogen) atoms. The van der Waals surface area contributed by atoms with Crippen molar-refractivity contribution in [2.75, 3.05) is 5.32 Å². The van der Waals surface area contributed by atoms with Crippen LogP contribution in [0.4, 0.5) is 14.5 Å². The van der Waals surface area contributed by atoms with Crippen molar-refractivity contribution in [2.45, 2.75) is 13.8 Å². The number of carbonyl (C=O) groups excluding carboxylic acids is 1. The molecular weight excluding hydrogens is 312 g/mol. The highest BCUT2D eigenvalue weighted by Gasteiger charge is 2.20. The molecule has 1 amide bonds. The summed E-state index contributed by atoms with van der Waals surface area (Å²) in [5, 5.41) is 6.89. The van der Waals surface area contributed by atoms with Crippen molar-refractivity contribution >= 4 is 11.6 Å². The van der Waals surface area contributed by atoms with Gasteiger partial charge in [0.2, 0.25) is 0 Å². The summed E-state index contributed by atoms with van der Waals surface area (Å²) in [6, 6.07) is 11.8. The number of nitrogens with one attached hydrogen (secondary N) is 1. The lowest BCUT2D eigenvalue weighted by atomic mass is 10.1. The van der Waals surface area contributed by atoms with E-state index in [1.165, 1.54) is 24.3 Å². The Morgan fingerprint density at radius 2 is 1.71 bits per heavy atom. The molecular formula is C18H15F2N3O. The van der Waals surface area contributed by atoms with Crippen molar-refractivity contribution < 1.29 is 13.6 Å². The lowest BCUT2D eigenvalue weighted by Gasteiger charge is -2.07. The lowest BCUT2D eigenvalue weighted by Crippen LogP contribution is -2.15. The smallest absolute Gasteiger partial charge is 0.259 e. The van der Waals surface area contributed by atoms with Crippen molar-refractivity contribution in [1.29, 1.82) is 0 Å². The molecule has 1 aromatic heterocycles. The fourth-order valence-corrected chi connectivity index (χ4v) is 2.55. The van der Waals surface area contributed by atoms with Gasteiger partial charge in [-0.15, -0.1) is 0 Å². The van der Waals surface area contributed by atoms with Crippen molar-refractivity contribution in [1.82, 2.24) is 9.78 Å². The number of nitrogens with zero attached hydrogens (tertiary/aromatic N) is 2. The van der Waals surface area contributed by atoms with Gasteiger partial charge in [-0.25, -0.2) is 13.5 Å². The number of anilines is 1. The molecule has 122 valence electrons. The van der Waals surface area contributed by atoms with Crippen molar-refractivity contribution in [3.05, 3.63) is 77.1 Å². The molecule has 0 aliphatic heterocycles. The van der Waals surface area contributed by atoms with Gasteiger partial charge in [0.1, 0.15) is 11.6 Å². The fourth-order valence-electron chi connectivity index (χ4n) is 2.55. The van der Waals surface area contributed by atoms with Crippen molar-refractivity contribution in [3.63, 3.8) is 0 Å². The van der Waals surface area contributed by atoms with Crippen LogP contribution in [0.5, 0.6) is 0 Å². The van der Waals surface area contributed by atoms with E-state index in [1.54, 1.807) is 42.8 Å². The standard InChI is InChI=1S/C18H15F2N3O/c1-11-17(18(24)21-16-6-4-3-5-15(16)20)12(2)23(22-11)14-9-7-13(19)8-10-14/h3-10H,1-2H3,(H,21,24). The summed E-state index contributed by atoms with van der Waals surface area (Å²) in [6.45, 7) is 3.43. The van der Waals surface area contributed by atoms with Gasteiger partial charge in [-0.1, -0.05) is 12.1 Å². The van der Waals surface area contributed by atoms with E-state index in [2.05, 4.69) is 10.4 Å². The molecule has 0 saturated carbocycles. The van der Waals surface area contributed by atoms with Gasteiger partial charge < -0.3 is 5.32 Å². The first-order valence-electron chi connectivity index (χ1n) is 7.35. The summed E-state index contributed by atoms with van der Waals surface area (Å²) in [6.07, 6.45) is 0. The molecule has 0 spiro atoms. The summed E-state index contributed by atoms with van der Waals surface area (Å²) in [7, 11) is 0. The van der Waals surface area contributed by atoms with E-state index in [4.69, 9.17) is 0 Å². The highest BCUT2D eigenvalue weighted by atomic mass is 19.1. The van der Waals surface area contributed by atoms with Crippen LogP contribution in [0, 0.1) is 25.5 Å². The highest BCUT2D eigenvalue weighted by molar-refractivity contribution is 6.06. The minimum atomic E-state index is -0.507. The maximum Gasteiger partial charge on any atom is 0.259 e. The maximum atomic E-state index is 13.7. The van der Waals surface area contributed by atoms with E-state index >= 15 is 0 Å². The zero-order valence-corrected chi connectivity index (χ0v) is 13.2. The second-order valence-corrected chi connectivity index (χ2v) is 5.37. The van der Waals surface area contributed by atoms with Crippen molar-refractivity contribution in [2.24, 2.45) is 0 Å². The summed E-state index contributed by atoms with van der Waals surface area (Å²) in [4.78, 5) is 12.5. The number of benzene rings is 2. The Hall–Kier alpha value is -3.02. The van der Waals surface area contributed by atoms with E-state index in [9.17, 15) is 13.6 Å². The third kappa shape index (κ3) is 2.90. The monoisotopic (exact) mass is 327 g/mol. The molecule has 0 unspecified atom stereocenters. The molecule has 0 aliphatic carbocycles. The molecule has 4 nitrogen and oxygen atoms in total.